The van der Waals surface area contributed by atoms with Gasteiger partial charge in [0, 0.05) is 0 Å². The second-order valence-corrected chi connectivity index (χ2v) is 6.46. The minimum absolute atomic E-state index is 0. The fourth-order valence-corrected chi connectivity index (χ4v) is 2.71. The second kappa shape index (κ2) is 16.6. The van der Waals surface area contributed by atoms with Crippen LogP contribution in [0.1, 0.15) is 71.4 Å². The zero-order valence-electron chi connectivity index (χ0n) is 18.2. The van der Waals surface area contributed by atoms with E-state index in [0.717, 1.165) is 25.7 Å². The molecule has 0 spiro atoms. The van der Waals surface area contributed by atoms with Gasteiger partial charge in [0.1, 0.15) is 0 Å². The van der Waals surface area contributed by atoms with Crippen LogP contribution in [0.3, 0.4) is 0 Å². The number of carboxylic acids is 2. The first-order valence-corrected chi connectivity index (χ1v) is 9.36. The molecule has 2 N–H and O–H groups in total. The minimum Gasteiger partial charge on any atom is -0.872 e. The average Bonchev–Trinajstić information content (AvgIpc) is 2.64. The zero-order chi connectivity index (χ0) is 21.1. The number of aryl methyl sites for hydroxylation is 2. The second-order valence-electron chi connectivity index (χ2n) is 6.46. The van der Waals surface area contributed by atoms with Gasteiger partial charge in [-0.3, -0.25) is 0 Å². The summed E-state index contributed by atoms with van der Waals surface area (Å²) in [6.45, 7) is 4.06. The summed E-state index contributed by atoms with van der Waals surface area (Å²) in [4.78, 5) is 21.6. The maximum absolute atomic E-state index is 11.0. The van der Waals surface area contributed by atoms with Crippen LogP contribution in [0.4, 0.5) is 0 Å². The SMILES string of the molecule is CCCCc1cc([O-])ccc1C(=O)O.CCCCc1cc([O-])ccc1C(=O)O.[Na+].[Na+]. The molecule has 8 heteroatoms. The molecule has 0 amide bonds. The van der Waals surface area contributed by atoms with Crippen molar-refractivity contribution >= 4 is 11.9 Å². The Labute approximate surface area is 221 Å². The van der Waals surface area contributed by atoms with Crippen LogP contribution in [0.2, 0.25) is 0 Å². The van der Waals surface area contributed by atoms with E-state index in [9.17, 15) is 19.8 Å². The van der Waals surface area contributed by atoms with Gasteiger partial charge in [-0.1, -0.05) is 51.0 Å². The minimum atomic E-state index is -0.962. The van der Waals surface area contributed by atoms with Gasteiger partial charge in [0.05, 0.1) is 11.1 Å². The predicted molar refractivity (Wildman–Crippen MR) is 103 cm³/mol. The Hall–Kier alpha value is -1.02. The van der Waals surface area contributed by atoms with Crippen LogP contribution in [-0.4, -0.2) is 22.2 Å². The molecule has 2 aromatic carbocycles. The maximum atomic E-state index is 11.0. The van der Waals surface area contributed by atoms with E-state index in [1.807, 2.05) is 13.8 Å². The quantitative estimate of drug-likeness (QED) is 0.449. The Balaban J connectivity index is 0. The van der Waals surface area contributed by atoms with E-state index in [-0.39, 0.29) is 81.7 Å². The van der Waals surface area contributed by atoms with Crippen molar-refractivity contribution in [2.75, 3.05) is 0 Å². The van der Waals surface area contributed by atoms with Gasteiger partial charge in [-0.25, -0.2) is 9.59 Å². The summed E-state index contributed by atoms with van der Waals surface area (Å²) in [5.41, 5.74) is 1.79. The van der Waals surface area contributed by atoms with E-state index in [0.29, 0.717) is 24.0 Å². The first kappa shape index (κ1) is 31.2. The fraction of sp³-hybridized carbons (Fsp3) is 0.364. The molecule has 0 aromatic heterocycles. The number of rotatable bonds is 8. The van der Waals surface area contributed by atoms with Crippen LogP contribution in [0.15, 0.2) is 36.4 Å². The van der Waals surface area contributed by atoms with Gasteiger partial charge in [0.2, 0.25) is 0 Å². The molecule has 0 atom stereocenters. The third-order valence-electron chi connectivity index (χ3n) is 4.21. The summed E-state index contributed by atoms with van der Waals surface area (Å²) >= 11 is 0. The van der Waals surface area contributed by atoms with E-state index in [1.54, 1.807) is 0 Å². The normalized spacial score (nSPS) is 9.40. The van der Waals surface area contributed by atoms with E-state index < -0.39 is 11.9 Å². The van der Waals surface area contributed by atoms with E-state index in [2.05, 4.69) is 0 Å². The molecule has 0 aliphatic heterocycles. The molecule has 0 aliphatic carbocycles. The standard InChI is InChI=1S/2C11H14O3.2Na/c2*1-2-3-4-8-7-9(12)5-6-10(8)11(13)14;;/h2*5-7,12H,2-4H2,1H3,(H,13,14);;/q;;2*+1/p-2. The van der Waals surface area contributed by atoms with Crippen molar-refractivity contribution in [2.45, 2.75) is 52.4 Å². The summed E-state index contributed by atoms with van der Waals surface area (Å²) in [5.74, 6) is -2.17. The molecule has 0 aliphatic rings. The van der Waals surface area contributed by atoms with Crippen molar-refractivity contribution in [1.82, 2.24) is 0 Å². The average molecular weight is 432 g/mol. The number of benzene rings is 2. The van der Waals surface area contributed by atoms with Crippen molar-refractivity contribution in [3.05, 3.63) is 58.7 Å². The monoisotopic (exact) mass is 432 g/mol. The van der Waals surface area contributed by atoms with Gasteiger partial charge in [-0.05, 0) is 48.9 Å². The number of carbonyl (C=O) groups is 2. The number of hydrogen-bond acceptors (Lipinski definition) is 4. The van der Waals surface area contributed by atoms with Crippen molar-refractivity contribution in [1.29, 1.82) is 0 Å². The summed E-state index contributed by atoms with van der Waals surface area (Å²) in [6, 6.07) is 8.18. The van der Waals surface area contributed by atoms with Gasteiger partial charge in [0.15, 0.2) is 0 Å². The van der Waals surface area contributed by atoms with Crippen LogP contribution in [0, 0.1) is 0 Å². The first-order chi connectivity index (χ1) is 13.3. The van der Waals surface area contributed by atoms with E-state index in [4.69, 9.17) is 10.2 Å². The van der Waals surface area contributed by atoms with Gasteiger partial charge >= 0.3 is 71.1 Å². The summed E-state index contributed by atoms with van der Waals surface area (Å²) in [7, 11) is 0. The van der Waals surface area contributed by atoms with Crippen LogP contribution < -0.4 is 69.3 Å². The third kappa shape index (κ3) is 10.8. The Morgan fingerprint density at radius 3 is 1.33 bits per heavy atom. The molecule has 0 radical (unpaired) electrons. The largest absolute Gasteiger partial charge is 1.00 e. The number of unbranched alkanes of at least 4 members (excludes halogenated alkanes) is 2. The molecule has 0 fully saturated rings. The molecule has 30 heavy (non-hydrogen) atoms. The van der Waals surface area contributed by atoms with Crippen LogP contribution >= 0.6 is 0 Å². The molecule has 152 valence electrons. The molecule has 0 saturated heterocycles. The Kier molecular flexibility index (Phi) is 17.3. The number of hydrogen-bond donors (Lipinski definition) is 2. The molecule has 6 nitrogen and oxygen atoms in total. The molecule has 0 unspecified atom stereocenters. The molecule has 2 aromatic rings. The molecular weight excluding hydrogens is 406 g/mol. The fourth-order valence-electron chi connectivity index (χ4n) is 2.71. The third-order valence-corrected chi connectivity index (χ3v) is 4.21. The Morgan fingerprint density at radius 2 is 1.07 bits per heavy atom. The summed E-state index contributed by atoms with van der Waals surface area (Å²) < 4.78 is 0. The van der Waals surface area contributed by atoms with Crippen molar-refractivity contribution < 1.29 is 89.1 Å². The smallest absolute Gasteiger partial charge is 0.872 e. The van der Waals surface area contributed by atoms with E-state index >= 15 is 0 Å². The van der Waals surface area contributed by atoms with Crippen molar-refractivity contribution in [2.24, 2.45) is 0 Å². The predicted octanol–water partition coefficient (Wildman–Crippen LogP) is -2.39. The molecular formula is C22H26Na2O6. The topological polar surface area (TPSA) is 121 Å². The zero-order valence-corrected chi connectivity index (χ0v) is 22.2. The number of aromatic carboxylic acids is 2. The van der Waals surface area contributed by atoms with Crippen LogP contribution in [0.25, 0.3) is 0 Å². The van der Waals surface area contributed by atoms with Gasteiger partial charge in [-0.2, -0.15) is 0 Å². The Morgan fingerprint density at radius 1 is 0.733 bits per heavy atom. The Bertz CT molecular complexity index is 741. The van der Waals surface area contributed by atoms with Gasteiger partial charge in [0.25, 0.3) is 0 Å². The van der Waals surface area contributed by atoms with Crippen LogP contribution in [-0.2, 0) is 12.8 Å². The molecule has 0 heterocycles. The number of carboxylic acid groups (broad SMARTS) is 2. The van der Waals surface area contributed by atoms with Gasteiger partial charge in [-0.15, -0.1) is 11.5 Å². The van der Waals surface area contributed by atoms with Gasteiger partial charge < -0.3 is 20.4 Å². The summed E-state index contributed by atoms with van der Waals surface area (Å²) in [5, 5.41) is 39.8. The molecule has 0 saturated carbocycles. The molecule has 0 bridgehead atoms. The summed E-state index contributed by atoms with van der Waals surface area (Å²) in [6.07, 6.45) is 5.11. The van der Waals surface area contributed by atoms with E-state index in [1.165, 1.54) is 36.4 Å². The van der Waals surface area contributed by atoms with Crippen molar-refractivity contribution in [3.63, 3.8) is 0 Å². The maximum Gasteiger partial charge on any atom is 1.00 e. The molecule has 2 rings (SSSR count). The van der Waals surface area contributed by atoms with Crippen molar-refractivity contribution in [3.8, 4) is 11.5 Å². The first-order valence-electron chi connectivity index (χ1n) is 9.36. The van der Waals surface area contributed by atoms with Crippen LogP contribution in [0.5, 0.6) is 11.5 Å².